The molecule has 2 aromatic carbocycles. The zero-order chi connectivity index (χ0) is 26.4. The smallest absolute Gasteiger partial charge is 0.339 e. The maximum Gasteiger partial charge on any atom is 0.339 e. The molecule has 1 aliphatic rings. The van der Waals surface area contributed by atoms with E-state index in [0.29, 0.717) is 28.3 Å². The van der Waals surface area contributed by atoms with Gasteiger partial charge in [0.25, 0.3) is 5.91 Å². The third-order valence-electron chi connectivity index (χ3n) is 5.65. The first kappa shape index (κ1) is 26.6. The van der Waals surface area contributed by atoms with Crippen molar-refractivity contribution in [2.45, 2.75) is 19.4 Å². The summed E-state index contributed by atoms with van der Waals surface area (Å²) in [5.41, 5.74) is 7.72. The molecule has 190 valence electrons. The number of ether oxygens (including phenoxy) is 2. The number of nitrogens with two attached hydrogens (primary N) is 1. The van der Waals surface area contributed by atoms with Crippen LogP contribution in [0.3, 0.4) is 0 Å². The minimum Gasteiger partial charge on any atom is -0.496 e. The summed E-state index contributed by atoms with van der Waals surface area (Å²) in [5.74, 6) is -1.22. The highest BCUT2D eigenvalue weighted by Gasteiger charge is 2.31. The van der Waals surface area contributed by atoms with Crippen LogP contribution in [-0.2, 0) is 14.3 Å². The minimum atomic E-state index is -0.747. The van der Waals surface area contributed by atoms with Crippen LogP contribution in [0.1, 0.15) is 40.9 Å². The summed E-state index contributed by atoms with van der Waals surface area (Å²) in [6, 6.07) is 8.35. The maximum absolute atomic E-state index is 13.3. The number of nitrogen functional groups attached to an aromatic ring is 1. The van der Waals surface area contributed by atoms with Crippen molar-refractivity contribution >= 4 is 47.2 Å². The number of hydrogen-bond acceptors (Lipinski definition) is 7. The summed E-state index contributed by atoms with van der Waals surface area (Å²) < 4.78 is 10.0. The first-order chi connectivity index (χ1) is 17.2. The number of benzene rings is 2. The number of carbonyl (C=O) groups excluding carboxylic acids is 4. The molecule has 10 nitrogen and oxygen atoms in total. The molecule has 0 radical (unpaired) electrons. The minimum absolute atomic E-state index is 0.0696. The molecular formula is C25H27ClN4O6. The molecule has 4 amide bonds. The molecule has 11 heteroatoms. The molecule has 0 bridgehead atoms. The molecule has 0 unspecified atom stereocenters. The van der Waals surface area contributed by atoms with E-state index in [0.717, 1.165) is 4.90 Å². The molecule has 0 aliphatic carbocycles. The SMILES string of the molecule is CC[C@@H](NC(=O)N1CC(=O)NC/C(=C\c2cc(Cl)ccc2OC)C1=O)c1ccc(C(=O)OC)c(N)c1. The van der Waals surface area contributed by atoms with Gasteiger partial charge >= 0.3 is 12.0 Å². The lowest BCUT2D eigenvalue weighted by Crippen LogP contribution is -2.47. The van der Waals surface area contributed by atoms with Gasteiger partial charge in [0, 0.05) is 28.4 Å². The summed E-state index contributed by atoms with van der Waals surface area (Å²) in [5, 5.41) is 5.84. The van der Waals surface area contributed by atoms with E-state index in [1.54, 1.807) is 30.3 Å². The molecule has 1 fully saturated rings. The predicted molar refractivity (Wildman–Crippen MR) is 134 cm³/mol. The Hall–Kier alpha value is -4.05. The Kier molecular flexibility index (Phi) is 8.55. The Morgan fingerprint density at radius 2 is 1.97 bits per heavy atom. The molecule has 1 atom stereocenters. The molecule has 1 aliphatic heterocycles. The van der Waals surface area contributed by atoms with Crippen molar-refractivity contribution in [1.82, 2.24) is 15.5 Å². The van der Waals surface area contributed by atoms with Crippen molar-refractivity contribution in [3.8, 4) is 5.75 Å². The van der Waals surface area contributed by atoms with Crippen LogP contribution in [0, 0.1) is 0 Å². The van der Waals surface area contributed by atoms with E-state index in [2.05, 4.69) is 10.6 Å². The van der Waals surface area contributed by atoms with E-state index in [-0.39, 0.29) is 23.4 Å². The van der Waals surface area contributed by atoms with Gasteiger partial charge in [-0.2, -0.15) is 0 Å². The van der Waals surface area contributed by atoms with E-state index < -0.39 is 36.4 Å². The van der Waals surface area contributed by atoms with E-state index in [9.17, 15) is 19.2 Å². The number of nitrogens with zero attached hydrogens (tertiary/aromatic N) is 1. The number of anilines is 1. The van der Waals surface area contributed by atoms with Crippen molar-refractivity contribution in [1.29, 1.82) is 0 Å². The first-order valence-electron chi connectivity index (χ1n) is 11.1. The fourth-order valence-electron chi connectivity index (χ4n) is 3.74. The Balaban J connectivity index is 1.87. The average molecular weight is 515 g/mol. The van der Waals surface area contributed by atoms with Crippen LogP contribution in [0.15, 0.2) is 42.0 Å². The highest BCUT2D eigenvalue weighted by molar-refractivity contribution is 6.30. The fourth-order valence-corrected chi connectivity index (χ4v) is 3.92. The monoisotopic (exact) mass is 514 g/mol. The highest BCUT2D eigenvalue weighted by atomic mass is 35.5. The van der Waals surface area contributed by atoms with Crippen LogP contribution in [0.2, 0.25) is 5.02 Å². The third kappa shape index (κ3) is 5.95. The van der Waals surface area contributed by atoms with Gasteiger partial charge in [0.15, 0.2) is 0 Å². The van der Waals surface area contributed by atoms with Gasteiger partial charge in [0.05, 0.1) is 25.8 Å². The summed E-state index contributed by atoms with van der Waals surface area (Å²) in [6.45, 7) is 1.32. The second kappa shape index (κ2) is 11.6. The molecule has 0 spiro atoms. The Bertz CT molecular complexity index is 1230. The van der Waals surface area contributed by atoms with Crippen molar-refractivity contribution in [3.63, 3.8) is 0 Å². The lowest BCUT2D eigenvalue weighted by molar-refractivity contribution is -0.128. The standard InChI is InChI=1S/C25H27ClN4O6/c1-4-20(14-5-7-18(19(27)11-14)24(33)36-3)29-25(34)30-13-22(31)28-12-16(23(30)32)9-15-10-17(26)6-8-21(15)35-2/h5-11,20H,4,12-13,27H2,1-3H3,(H,28,31)(H,29,34)/b16-9+/t20-/m1/s1. The zero-order valence-electron chi connectivity index (χ0n) is 20.1. The van der Waals surface area contributed by atoms with Crippen LogP contribution in [-0.4, -0.2) is 56.0 Å². The largest absolute Gasteiger partial charge is 0.496 e. The van der Waals surface area contributed by atoms with Crippen LogP contribution in [0.4, 0.5) is 10.5 Å². The lowest BCUT2D eigenvalue weighted by Gasteiger charge is -2.24. The number of rotatable bonds is 6. The van der Waals surface area contributed by atoms with Gasteiger partial charge in [-0.1, -0.05) is 24.6 Å². The molecule has 2 aromatic rings. The summed E-state index contributed by atoms with van der Waals surface area (Å²) >= 11 is 6.09. The van der Waals surface area contributed by atoms with Crippen LogP contribution in [0.5, 0.6) is 5.75 Å². The molecule has 0 aromatic heterocycles. The van der Waals surface area contributed by atoms with Crippen molar-refractivity contribution in [2.75, 3.05) is 33.0 Å². The van der Waals surface area contributed by atoms with Gasteiger partial charge in [-0.25, -0.2) is 9.59 Å². The predicted octanol–water partition coefficient (Wildman–Crippen LogP) is 2.92. The third-order valence-corrected chi connectivity index (χ3v) is 5.89. The second-order valence-electron chi connectivity index (χ2n) is 7.97. The second-order valence-corrected chi connectivity index (χ2v) is 8.41. The van der Waals surface area contributed by atoms with E-state index in [4.69, 9.17) is 26.8 Å². The van der Waals surface area contributed by atoms with Crippen molar-refractivity contribution < 1.29 is 28.7 Å². The van der Waals surface area contributed by atoms with Gasteiger partial charge < -0.3 is 25.8 Å². The molecule has 4 N–H and O–H groups in total. The van der Waals surface area contributed by atoms with Gasteiger partial charge in [-0.05, 0) is 48.4 Å². The van der Waals surface area contributed by atoms with Gasteiger partial charge in [-0.15, -0.1) is 0 Å². The van der Waals surface area contributed by atoms with Crippen LogP contribution >= 0.6 is 11.6 Å². The number of esters is 1. The average Bonchev–Trinajstić information content (AvgIpc) is 3.00. The topological polar surface area (TPSA) is 140 Å². The maximum atomic E-state index is 13.3. The summed E-state index contributed by atoms with van der Waals surface area (Å²) in [6.07, 6.45) is 1.99. The molecular weight excluding hydrogens is 488 g/mol. The fraction of sp³-hybridized carbons (Fsp3) is 0.280. The van der Waals surface area contributed by atoms with E-state index in [1.165, 1.54) is 26.4 Å². The zero-order valence-corrected chi connectivity index (χ0v) is 20.8. The molecule has 1 saturated heterocycles. The Morgan fingerprint density at radius 3 is 2.61 bits per heavy atom. The number of hydrogen-bond donors (Lipinski definition) is 3. The van der Waals surface area contributed by atoms with Crippen molar-refractivity contribution in [3.05, 3.63) is 63.7 Å². The van der Waals surface area contributed by atoms with Gasteiger partial charge in [-0.3, -0.25) is 14.5 Å². The Morgan fingerprint density at radius 1 is 1.22 bits per heavy atom. The number of nitrogens with one attached hydrogen (secondary N) is 2. The summed E-state index contributed by atoms with van der Waals surface area (Å²) in [7, 11) is 2.74. The molecule has 1 heterocycles. The van der Waals surface area contributed by atoms with E-state index in [1.807, 2.05) is 6.92 Å². The number of carbonyl (C=O) groups is 4. The quantitative estimate of drug-likeness (QED) is 0.306. The van der Waals surface area contributed by atoms with Crippen LogP contribution in [0.25, 0.3) is 6.08 Å². The highest BCUT2D eigenvalue weighted by Crippen LogP contribution is 2.26. The number of amides is 4. The Labute approximate surface area is 213 Å². The van der Waals surface area contributed by atoms with Gasteiger partial charge in [0.2, 0.25) is 5.91 Å². The molecule has 0 saturated carbocycles. The van der Waals surface area contributed by atoms with Gasteiger partial charge in [0.1, 0.15) is 12.3 Å². The molecule has 3 rings (SSSR count). The molecule has 36 heavy (non-hydrogen) atoms. The summed E-state index contributed by atoms with van der Waals surface area (Å²) in [4.78, 5) is 51.4. The number of imide groups is 1. The van der Waals surface area contributed by atoms with E-state index >= 15 is 0 Å². The normalized spacial score (nSPS) is 15.7. The lowest BCUT2D eigenvalue weighted by atomic mass is 10.0. The number of urea groups is 1. The number of methoxy groups -OCH3 is 2. The van der Waals surface area contributed by atoms with Crippen molar-refractivity contribution in [2.24, 2.45) is 0 Å². The van der Waals surface area contributed by atoms with Crippen LogP contribution < -0.4 is 21.1 Å². The first-order valence-corrected chi connectivity index (χ1v) is 11.5. The number of halogens is 1.